The van der Waals surface area contributed by atoms with Crippen molar-refractivity contribution in [3.63, 3.8) is 0 Å². The zero-order valence-electron chi connectivity index (χ0n) is 8.66. The average Bonchev–Trinajstić information content (AvgIpc) is 2.19. The highest BCUT2D eigenvalue weighted by Gasteiger charge is 2.13. The average molecular weight is 191 g/mol. The summed E-state index contributed by atoms with van der Waals surface area (Å²) in [5.41, 5.74) is 2.16. The summed E-state index contributed by atoms with van der Waals surface area (Å²) < 4.78 is 0. The largest absolute Gasteiger partial charge is 0.316 e. The second kappa shape index (κ2) is 4.51. The fourth-order valence-corrected chi connectivity index (χ4v) is 2.01. The van der Waals surface area contributed by atoms with E-state index in [1.165, 1.54) is 19.4 Å². The number of aromatic nitrogens is 2. The van der Waals surface area contributed by atoms with Crippen LogP contribution in [0.15, 0.2) is 12.4 Å². The predicted molar refractivity (Wildman–Crippen MR) is 56.1 cm³/mol. The van der Waals surface area contributed by atoms with E-state index in [-0.39, 0.29) is 0 Å². The highest BCUT2D eigenvalue weighted by molar-refractivity contribution is 5.02. The van der Waals surface area contributed by atoms with Crippen LogP contribution in [0.4, 0.5) is 0 Å². The van der Waals surface area contributed by atoms with Crippen LogP contribution in [-0.2, 0) is 6.42 Å². The lowest BCUT2D eigenvalue weighted by Gasteiger charge is -2.22. The van der Waals surface area contributed by atoms with Gasteiger partial charge >= 0.3 is 0 Å². The van der Waals surface area contributed by atoms with Crippen molar-refractivity contribution < 1.29 is 0 Å². The molecule has 1 aromatic heterocycles. The fraction of sp³-hybridized carbons (Fsp3) is 0.636. The first-order valence-electron chi connectivity index (χ1n) is 5.33. The molecule has 0 amide bonds. The molecular weight excluding hydrogens is 174 g/mol. The molecule has 1 aliphatic rings. The zero-order chi connectivity index (χ0) is 9.80. The topological polar surface area (TPSA) is 37.8 Å². The molecule has 0 spiro atoms. The molecule has 2 heterocycles. The summed E-state index contributed by atoms with van der Waals surface area (Å²) in [7, 11) is 0. The summed E-state index contributed by atoms with van der Waals surface area (Å²) in [5, 5.41) is 3.42. The van der Waals surface area contributed by atoms with Crippen molar-refractivity contribution in [2.24, 2.45) is 5.92 Å². The minimum atomic E-state index is 0.750. The van der Waals surface area contributed by atoms with Crippen molar-refractivity contribution in [2.75, 3.05) is 13.1 Å². The minimum Gasteiger partial charge on any atom is -0.316 e. The highest BCUT2D eigenvalue weighted by Crippen LogP contribution is 2.14. The van der Waals surface area contributed by atoms with E-state index >= 15 is 0 Å². The highest BCUT2D eigenvalue weighted by atomic mass is 14.9. The molecule has 3 nitrogen and oxygen atoms in total. The van der Waals surface area contributed by atoms with Crippen molar-refractivity contribution in [3.8, 4) is 0 Å². The van der Waals surface area contributed by atoms with Crippen LogP contribution < -0.4 is 5.32 Å². The first kappa shape index (κ1) is 9.59. The first-order valence-corrected chi connectivity index (χ1v) is 5.33. The summed E-state index contributed by atoms with van der Waals surface area (Å²) in [5.74, 6) is 0.750. The Bertz CT molecular complexity index is 292. The van der Waals surface area contributed by atoms with Gasteiger partial charge in [0.2, 0.25) is 0 Å². The second-order valence-corrected chi connectivity index (χ2v) is 4.07. The van der Waals surface area contributed by atoms with Crippen molar-refractivity contribution >= 4 is 0 Å². The molecule has 1 N–H and O–H groups in total. The number of rotatable bonds is 2. The molecule has 1 aliphatic heterocycles. The number of piperidine rings is 1. The molecule has 3 heteroatoms. The summed E-state index contributed by atoms with van der Waals surface area (Å²) in [6, 6.07) is 0. The third kappa shape index (κ3) is 2.51. The lowest BCUT2D eigenvalue weighted by atomic mass is 9.95. The van der Waals surface area contributed by atoms with Crippen LogP contribution in [0.25, 0.3) is 0 Å². The van der Waals surface area contributed by atoms with Gasteiger partial charge in [-0.3, -0.25) is 9.97 Å². The van der Waals surface area contributed by atoms with Crippen LogP contribution in [0, 0.1) is 12.8 Å². The molecule has 0 aliphatic carbocycles. The molecule has 14 heavy (non-hydrogen) atoms. The van der Waals surface area contributed by atoms with Gasteiger partial charge in [0.05, 0.1) is 11.4 Å². The van der Waals surface area contributed by atoms with E-state index in [4.69, 9.17) is 0 Å². The Kier molecular flexibility index (Phi) is 3.09. The molecule has 1 saturated heterocycles. The Balaban J connectivity index is 1.95. The van der Waals surface area contributed by atoms with Gasteiger partial charge in [-0.05, 0) is 45.2 Å². The third-order valence-corrected chi connectivity index (χ3v) is 2.70. The van der Waals surface area contributed by atoms with E-state index in [9.17, 15) is 0 Å². The van der Waals surface area contributed by atoms with Gasteiger partial charge in [0.15, 0.2) is 0 Å². The quantitative estimate of drug-likeness (QED) is 0.766. The lowest BCUT2D eigenvalue weighted by Crippen LogP contribution is -2.31. The van der Waals surface area contributed by atoms with Crippen molar-refractivity contribution in [1.29, 1.82) is 0 Å². The van der Waals surface area contributed by atoms with E-state index in [1.54, 1.807) is 0 Å². The number of hydrogen-bond acceptors (Lipinski definition) is 3. The van der Waals surface area contributed by atoms with Gasteiger partial charge in [0.25, 0.3) is 0 Å². The molecule has 0 bridgehead atoms. The molecule has 1 unspecified atom stereocenters. The maximum atomic E-state index is 4.48. The molecule has 0 aromatic carbocycles. The van der Waals surface area contributed by atoms with Crippen molar-refractivity contribution in [2.45, 2.75) is 26.2 Å². The molecule has 1 aromatic rings. The fourth-order valence-electron chi connectivity index (χ4n) is 2.01. The normalized spacial score (nSPS) is 22.2. The Morgan fingerprint density at radius 1 is 1.50 bits per heavy atom. The molecule has 0 radical (unpaired) electrons. The van der Waals surface area contributed by atoms with E-state index in [2.05, 4.69) is 15.3 Å². The number of nitrogens with zero attached hydrogens (tertiary/aromatic N) is 2. The van der Waals surface area contributed by atoms with E-state index in [0.717, 1.165) is 30.3 Å². The van der Waals surface area contributed by atoms with Crippen LogP contribution in [0.1, 0.15) is 24.2 Å². The molecule has 76 valence electrons. The van der Waals surface area contributed by atoms with Crippen LogP contribution in [0.5, 0.6) is 0 Å². The SMILES string of the molecule is Cc1cncc(CC2CCCNC2)n1. The zero-order valence-corrected chi connectivity index (χ0v) is 8.66. The lowest BCUT2D eigenvalue weighted by molar-refractivity contribution is 0.373. The molecule has 0 saturated carbocycles. The molecule has 2 rings (SSSR count). The monoisotopic (exact) mass is 191 g/mol. The van der Waals surface area contributed by atoms with E-state index < -0.39 is 0 Å². The maximum Gasteiger partial charge on any atom is 0.0593 e. The van der Waals surface area contributed by atoms with Gasteiger partial charge in [-0.15, -0.1) is 0 Å². The Hall–Kier alpha value is -0.960. The molecular formula is C11H17N3. The maximum absolute atomic E-state index is 4.48. The Labute approximate surface area is 85.0 Å². The summed E-state index contributed by atoms with van der Waals surface area (Å²) in [6.45, 7) is 4.31. The van der Waals surface area contributed by atoms with E-state index in [1.807, 2.05) is 19.3 Å². The van der Waals surface area contributed by atoms with Gasteiger partial charge in [0, 0.05) is 12.4 Å². The van der Waals surface area contributed by atoms with Gasteiger partial charge in [-0.25, -0.2) is 0 Å². The smallest absolute Gasteiger partial charge is 0.0593 e. The molecule has 1 atom stereocenters. The van der Waals surface area contributed by atoms with Crippen LogP contribution in [0.3, 0.4) is 0 Å². The van der Waals surface area contributed by atoms with Gasteiger partial charge in [0.1, 0.15) is 0 Å². The number of nitrogens with one attached hydrogen (secondary N) is 1. The van der Waals surface area contributed by atoms with Crippen LogP contribution in [-0.4, -0.2) is 23.1 Å². The van der Waals surface area contributed by atoms with Crippen molar-refractivity contribution in [3.05, 3.63) is 23.8 Å². The van der Waals surface area contributed by atoms with Crippen LogP contribution in [0.2, 0.25) is 0 Å². The Morgan fingerprint density at radius 3 is 3.14 bits per heavy atom. The number of aryl methyl sites for hydroxylation is 1. The second-order valence-electron chi connectivity index (χ2n) is 4.07. The summed E-state index contributed by atoms with van der Waals surface area (Å²) in [6.07, 6.45) is 7.39. The molecule has 1 fully saturated rings. The van der Waals surface area contributed by atoms with Gasteiger partial charge in [-0.2, -0.15) is 0 Å². The standard InChI is InChI=1S/C11H17N3/c1-9-6-13-8-11(14-9)5-10-3-2-4-12-7-10/h6,8,10,12H,2-5,7H2,1H3. The minimum absolute atomic E-state index is 0.750. The third-order valence-electron chi connectivity index (χ3n) is 2.70. The van der Waals surface area contributed by atoms with Crippen molar-refractivity contribution in [1.82, 2.24) is 15.3 Å². The van der Waals surface area contributed by atoms with Crippen LogP contribution >= 0.6 is 0 Å². The number of hydrogen-bond donors (Lipinski definition) is 1. The van der Waals surface area contributed by atoms with E-state index in [0.29, 0.717) is 0 Å². The first-order chi connectivity index (χ1) is 6.84. The Morgan fingerprint density at radius 2 is 2.43 bits per heavy atom. The van der Waals surface area contributed by atoms with Gasteiger partial charge in [-0.1, -0.05) is 0 Å². The summed E-state index contributed by atoms with van der Waals surface area (Å²) in [4.78, 5) is 8.64. The predicted octanol–water partition coefficient (Wildman–Crippen LogP) is 1.33. The van der Waals surface area contributed by atoms with Gasteiger partial charge < -0.3 is 5.32 Å². The summed E-state index contributed by atoms with van der Waals surface area (Å²) >= 11 is 0.